The lowest BCUT2D eigenvalue weighted by Gasteiger charge is -2.40. The summed E-state index contributed by atoms with van der Waals surface area (Å²) in [6.45, 7) is 7.07. The van der Waals surface area contributed by atoms with Gasteiger partial charge in [0.15, 0.2) is 15.8 Å². The van der Waals surface area contributed by atoms with Crippen LogP contribution in [0.25, 0.3) is 0 Å². The van der Waals surface area contributed by atoms with Crippen LogP contribution in [0.15, 0.2) is 40.2 Å². The van der Waals surface area contributed by atoms with Crippen molar-refractivity contribution >= 4 is 45.9 Å². The summed E-state index contributed by atoms with van der Waals surface area (Å²) in [6.07, 6.45) is 0.145. The lowest BCUT2D eigenvalue weighted by atomic mass is 10.1. The average Bonchev–Trinajstić information content (AvgIpc) is 2.58. The molecule has 10 heteroatoms. The zero-order valence-electron chi connectivity index (χ0n) is 17.3. The minimum absolute atomic E-state index is 0. The van der Waals surface area contributed by atoms with Crippen molar-refractivity contribution in [3.05, 3.63) is 30.3 Å². The van der Waals surface area contributed by atoms with E-state index in [-0.39, 0.29) is 41.9 Å². The highest BCUT2D eigenvalue weighted by molar-refractivity contribution is 14.0. The second kappa shape index (κ2) is 11.0. The fourth-order valence-electron chi connectivity index (χ4n) is 2.65. The van der Waals surface area contributed by atoms with Gasteiger partial charge in [0.05, 0.1) is 16.7 Å². The minimum atomic E-state index is -3.27. The van der Waals surface area contributed by atoms with Gasteiger partial charge in [-0.2, -0.15) is 0 Å². The summed E-state index contributed by atoms with van der Waals surface area (Å²) in [4.78, 5) is 18.0. The van der Waals surface area contributed by atoms with Crippen molar-refractivity contribution in [3.8, 4) is 0 Å². The van der Waals surface area contributed by atoms with Crippen molar-refractivity contribution in [3.63, 3.8) is 0 Å². The third-order valence-electron chi connectivity index (χ3n) is 4.08. The molecular weight excluding hydrogens is 507 g/mol. The third-order valence-corrected chi connectivity index (χ3v) is 5.90. The Balaban J connectivity index is 0.00000420. The molecule has 164 valence electrons. The number of nitrogens with one attached hydrogen (secondary N) is 2. The first-order chi connectivity index (χ1) is 13.1. The van der Waals surface area contributed by atoms with Crippen LogP contribution in [0.2, 0.25) is 0 Å². The van der Waals surface area contributed by atoms with Gasteiger partial charge in [-0.05, 0) is 39.3 Å². The van der Waals surface area contributed by atoms with E-state index in [9.17, 15) is 13.2 Å². The van der Waals surface area contributed by atoms with E-state index in [4.69, 9.17) is 4.74 Å². The van der Waals surface area contributed by atoms with Crippen LogP contribution in [0.1, 0.15) is 27.2 Å². The molecule has 0 aromatic heterocycles. The first-order valence-corrected chi connectivity index (χ1v) is 11.0. The fourth-order valence-corrected chi connectivity index (χ4v) is 3.98. The van der Waals surface area contributed by atoms with Crippen molar-refractivity contribution in [1.82, 2.24) is 15.5 Å². The Morgan fingerprint density at radius 3 is 2.41 bits per heavy atom. The molecule has 8 nitrogen and oxygen atoms in total. The zero-order valence-corrected chi connectivity index (χ0v) is 20.5. The molecule has 1 aromatic carbocycles. The van der Waals surface area contributed by atoms with Crippen LogP contribution in [0.4, 0.5) is 4.79 Å². The molecule has 1 aliphatic heterocycles. The monoisotopic (exact) mass is 538 g/mol. The summed E-state index contributed by atoms with van der Waals surface area (Å²) in [5.41, 5.74) is -0.507. The van der Waals surface area contributed by atoms with Crippen molar-refractivity contribution in [2.75, 3.05) is 32.4 Å². The molecule has 2 rings (SSSR count). The van der Waals surface area contributed by atoms with Crippen LogP contribution in [0.5, 0.6) is 0 Å². The first-order valence-electron chi connectivity index (χ1n) is 9.33. The number of rotatable bonds is 6. The smallest absolute Gasteiger partial charge is 0.410 e. The number of halogens is 1. The summed E-state index contributed by atoms with van der Waals surface area (Å²) in [5.74, 6) is 0.655. The molecule has 0 aliphatic carbocycles. The second-order valence-electron chi connectivity index (χ2n) is 7.71. The first kappa shape index (κ1) is 25.5. The van der Waals surface area contributed by atoms with Crippen LogP contribution >= 0.6 is 24.0 Å². The molecule has 0 spiro atoms. The Morgan fingerprint density at radius 2 is 1.86 bits per heavy atom. The van der Waals surface area contributed by atoms with E-state index >= 15 is 0 Å². The molecule has 29 heavy (non-hydrogen) atoms. The molecule has 1 saturated heterocycles. The Morgan fingerprint density at radius 1 is 1.24 bits per heavy atom. The van der Waals surface area contributed by atoms with Gasteiger partial charge in [-0.1, -0.05) is 18.2 Å². The largest absolute Gasteiger partial charge is 0.444 e. The van der Waals surface area contributed by atoms with Gasteiger partial charge in [-0.3, -0.25) is 4.99 Å². The molecule has 0 saturated carbocycles. The molecule has 0 bridgehead atoms. The molecule has 1 aromatic rings. The number of aliphatic imine (C=N–C) groups is 1. The number of benzene rings is 1. The number of guanidine groups is 1. The number of hydrogen-bond donors (Lipinski definition) is 2. The summed E-state index contributed by atoms with van der Waals surface area (Å²) in [6, 6.07) is 8.53. The summed E-state index contributed by atoms with van der Waals surface area (Å²) >= 11 is 0. The Bertz CT molecular complexity index is 788. The molecular formula is C19H31IN4O4S. The van der Waals surface area contributed by atoms with Crippen LogP contribution in [-0.4, -0.2) is 69.4 Å². The SMILES string of the molecule is CN=C(NCCCS(=O)(=O)c1ccccc1)NC1CN(C(=O)OC(C)(C)C)C1.I. The standard InChI is InChI=1S/C19H30N4O4S.HI/c1-19(2,3)27-18(24)23-13-15(14-23)22-17(20-4)21-11-8-12-28(25,26)16-9-6-5-7-10-16;/h5-7,9-10,15H,8,11-14H2,1-4H3,(H2,20,21,22);1H. The van der Waals surface area contributed by atoms with E-state index in [0.29, 0.717) is 36.9 Å². The van der Waals surface area contributed by atoms with Crippen molar-refractivity contribution in [1.29, 1.82) is 0 Å². The number of carbonyl (C=O) groups is 1. The number of amides is 1. The van der Waals surface area contributed by atoms with Crippen LogP contribution in [0, 0.1) is 0 Å². The summed E-state index contributed by atoms with van der Waals surface area (Å²) in [7, 11) is -1.62. The average molecular weight is 538 g/mol. The van der Waals surface area contributed by atoms with Crippen molar-refractivity contribution in [2.45, 2.75) is 43.7 Å². The normalized spacial score (nSPS) is 15.2. The fraction of sp³-hybridized carbons (Fsp3) is 0.579. The second-order valence-corrected chi connectivity index (χ2v) is 9.82. The number of carbonyl (C=O) groups excluding carboxylic acids is 1. The van der Waals surface area contributed by atoms with E-state index in [2.05, 4.69) is 15.6 Å². The highest BCUT2D eigenvalue weighted by atomic mass is 127. The Hall–Kier alpha value is -1.56. The number of sulfone groups is 1. The van der Waals surface area contributed by atoms with E-state index in [1.165, 1.54) is 0 Å². The minimum Gasteiger partial charge on any atom is -0.444 e. The maximum Gasteiger partial charge on any atom is 0.410 e. The maximum absolute atomic E-state index is 12.3. The summed E-state index contributed by atoms with van der Waals surface area (Å²) in [5, 5.41) is 6.33. The van der Waals surface area contributed by atoms with Gasteiger partial charge in [-0.25, -0.2) is 13.2 Å². The number of likely N-dealkylation sites (tertiary alicyclic amines) is 1. The molecule has 1 aliphatic rings. The van der Waals surface area contributed by atoms with Gasteiger partial charge >= 0.3 is 6.09 Å². The predicted octanol–water partition coefficient (Wildman–Crippen LogP) is 2.25. The molecule has 0 atom stereocenters. The third kappa shape index (κ3) is 8.37. The van der Waals surface area contributed by atoms with Crippen molar-refractivity contribution < 1.29 is 17.9 Å². The van der Waals surface area contributed by atoms with Gasteiger partial charge in [0.2, 0.25) is 0 Å². The van der Waals surface area contributed by atoms with E-state index < -0.39 is 15.4 Å². The zero-order chi connectivity index (χ0) is 20.8. The highest BCUT2D eigenvalue weighted by Crippen LogP contribution is 2.15. The number of nitrogens with zero attached hydrogens (tertiary/aromatic N) is 2. The topological polar surface area (TPSA) is 100 Å². The van der Waals surface area contributed by atoms with Gasteiger partial charge in [0.1, 0.15) is 5.60 Å². The van der Waals surface area contributed by atoms with Gasteiger partial charge in [-0.15, -0.1) is 24.0 Å². The van der Waals surface area contributed by atoms with E-state index in [1.807, 2.05) is 20.8 Å². The highest BCUT2D eigenvalue weighted by Gasteiger charge is 2.34. The Kier molecular flexibility index (Phi) is 9.66. The van der Waals surface area contributed by atoms with E-state index in [0.717, 1.165) is 0 Å². The quantitative estimate of drug-likeness (QED) is 0.250. The van der Waals surface area contributed by atoms with Crippen LogP contribution < -0.4 is 10.6 Å². The molecule has 1 amide bonds. The van der Waals surface area contributed by atoms with Gasteiger partial charge < -0.3 is 20.3 Å². The molecule has 0 unspecified atom stereocenters. The van der Waals surface area contributed by atoms with Crippen LogP contribution in [-0.2, 0) is 14.6 Å². The predicted molar refractivity (Wildman–Crippen MR) is 125 cm³/mol. The van der Waals surface area contributed by atoms with E-state index in [1.54, 1.807) is 42.3 Å². The van der Waals surface area contributed by atoms with Crippen LogP contribution in [0.3, 0.4) is 0 Å². The molecule has 2 N–H and O–H groups in total. The number of hydrogen-bond acceptors (Lipinski definition) is 5. The Labute approximate surface area is 190 Å². The van der Waals surface area contributed by atoms with Gasteiger partial charge in [0, 0.05) is 26.7 Å². The van der Waals surface area contributed by atoms with Crippen molar-refractivity contribution in [2.24, 2.45) is 4.99 Å². The molecule has 0 radical (unpaired) electrons. The summed E-state index contributed by atoms with van der Waals surface area (Å²) < 4.78 is 29.8. The lowest BCUT2D eigenvalue weighted by molar-refractivity contribution is 0.00701. The maximum atomic E-state index is 12.3. The molecule has 1 fully saturated rings. The van der Waals surface area contributed by atoms with Gasteiger partial charge in [0.25, 0.3) is 0 Å². The lowest BCUT2D eigenvalue weighted by Crippen LogP contribution is -2.63. The number of ether oxygens (including phenoxy) is 1. The molecule has 1 heterocycles.